The molecule has 0 saturated heterocycles. The molecule has 3 heteroatoms. The average Bonchev–Trinajstić information content (AvgIpc) is 2.55. The van der Waals surface area contributed by atoms with E-state index in [0.29, 0.717) is 0 Å². The molecule has 1 unspecified atom stereocenters. The molecule has 3 nitrogen and oxygen atoms in total. The van der Waals surface area contributed by atoms with E-state index in [1.165, 1.54) is 11.1 Å². The molecule has 15 heavy (non-hydrogen) atoms. The van der Waals surface area contributed by atoms with E-state index in [1.807, 2.05) is 6.07 Å². The fraction of sp³-hybridized carbons (Fsp3) is 0.417. The summed E-state index contributed by atoms with van der Waals surface area (Å²) in [5, 5.41) is 12.1. The topological polar surface area (TPSA) is 49.3 Å². The monoisotopic (exact) mass is 205 g/mol. The number of rotatable bonds is 2. The Kier molecular flexibility index (Phi) is 2.39. The lowest BCUT2D eigenvalue weighted by molar-refractivity contribution is -0.137. The van der Waals surface area contributed by atoms with Crippen LogP contribution in [0.2, 0.25) is 0 Å². The maximum absolute atomic E-state index is 10.7. The molecule has 2 rings (SSSR count). The van der Waals surface area contributed by atoms with Gasteiger partial charge in [-0.05, 0) is 30.5 Å². The number of aryl methyl sites for hydroxylation is 1. The molecular weight excluding hydrogens is 190 g/mol. The number of aliphatic carboxylic acids is 1. The van der Waals surface area contributed by atoms with Crippen molar-refractivity contribution in [3.05, 3.63) is 28.8 Å². The molecule has 1 aliphatic rings. The molecule has 1 heterocycles. The Bertz CT molecular complexity index is 412. The molecule has 0 aromatic heterocycles. The van der Waals surface area contributed by atoms with Gasteiger partial charge in [-0.25, -0.2) is 0 Å². The Morgan fingerprint density at radius 1 is 1.53 bits per heavy atom. The number of benzene rings is 1. The lowest BCUT2D eigenvalue weighted by atomic mass is 9.95. The molecule has 0 fully saturated rings. The highest BCUT2D eigenvalue weighted by molar-refractivity contribution is 5.72. The van der Waals surface area contributed by atoms with E-state index in [4.69, 9.17) is 5.11 Å². The van der Waals surface area contributed by atoms with E-state index in [1.54, 1.807) is 0 Å². The molecule has 1 aliphatic heterocycles. The summed E-state index contributed by atoms with van der Waals surface area (Å²) in [6.07, 6.45) is 0.211. The summed E-state index contributed by atoms with van der Waals surface area (Å²) in [6.45, 7) is 4.89. The van der Waals surface area contributed by atoms with Crippen molar-refractivity contribution in [2.45, 2.75) is 26.2 Å². The second-order valence-electron chi connectivity index (χ2n) is 4.15. The van der Waals surface area contributed by atoms with Gasteiger partial charge in [0.15, 0.2) is 0 Å². The summed E-state index contributed by atoms with van der Waals surface area (Å²) in [5.41, 5.74) is 4.78. The minimum Gasteiger partial charge on any atom is -0.481 e. The average molecular weight is 205 g/mol. The zero-order valence-electron chi connectivity index (χ0n) is 9.00. The van der Waals surface area contributed by atoms with Crippen molar-refractivity contribution in [2.24, 2.45) is 0 Å². The third-order valence-corrected chi connectivity index (χ3v) is 3.15. The van der Waals surface area contributed by atoms with E-state index >= 15 is 0 Å². The first-order valence-electron chi connectivity index (χ1n) is 5.15. The van der Waals surface area contributed by atoms with Crippen molar-refractivity contribution >= 4 is 11.7 Å². The van der Waals surface area contributed by atoms with Gasteiger partial charge in [0.1, 0.15) is 0 Å². The van der Waals surface area contributed by atoms with E-state index in [9.17, 15) is 4.79 Å². The lowest BCUT2D eigenvalue weighted by Crippen LogP contribution is -2.07. The van der Waals surface area contributed by atoms with Crippen LogP contribution in [0, 0.1) is 13.8 Å². The summed E-state index contributed by atoms with van der Waals surface area (Å²) in [5.74, 6) is -0.607. The predicted molar refractivity (Wildman–Crippen MR) is 59.4 cm³/mol. The van der Waals surface area contributed by atoms with Gasteiger partial charge >= 0.3 is 5.97 Å². The van der Waals surface area contributed by atoms with Gasteiger partial charge in [0.2, 0.25) is 0 Å². The van der Waals surface area contributed by atoms with Crippen molar-refractivity contribution in [3.8, 4) is 0 Å². The van der Waals surface area contributed by atoms with Crippen molar-refractivity contribution < 1.29 is 9.90 Å². The zero-order valence-corrected chi connectivity index (χ0v) is 9.00. The van der Waals surface area contributed by atoms with Crippen LogP contribution in [0.15, 0.2) is 12.1 Å². The molecule has 80 valence electrons. The molecular formula is C12H15NO2. The van der Waals surface area contributed by atoms with Crippen LogP contribution in [-0.2, 0) is 4.79 Å². The van der Waals surface area contributed by atoms with Gasteiger partial charge in [0.25, 0.3) is 0 Å². The van der Waals surface area contributed by atoms with Gasteiger partial charge < -0.3 is 10.4 Å². The van der Waals surface area contributed by atoms with Crippen LogP contribution in [0.5, 0.6) is 0 Å². The maximum atomic E-state index is 10.7. The van der Waals surface area contributed by atoms with Gasteiger partial charge in [0.05, 0.1) is 6.42 Å². The maximum Gasteiger partial charge on any atom is 0.304 e. The highest BCUT2D eigenvalue weighted by atomic mass is 16.4. The van der Waals surface area contributed by atoms with Gasteiger partial charge in [-0.15, -0.1) is 0 Å². The number of carboxylic acids is 1. The molecule has 0 aliphatic carbocycles. The van der Waals surface area contributed by atoms with Crippen LogP contribution in [0.25, 0.3) is 0 Å². The van der Waals surface area contributed by atoms with Gasteiger partial charge in [0, 0.05) is 18.2 Å². The van der Waals surface area contributed by atoms with E-state index in [0.717, 1.165) is 17.8 Å². The van der Waals surface area contributed by atoms with Gasteiger partial charge in [-0.1, -0.05) is 12.1 Å². The Balaban J connectivity index is 2.36. The standard InChI is InChI=1S/C12H15NO2/c1-7-3-4-10-9(5-11(14)15)6-13-12(10)8(7)2/h3-4,9,13H,5-6H2,1-2H3,(H,14,15). The fourth-order valence-corrected chi connectivity index (χ4v) is 2.14. The lowest BCUT2D eigenvalue weighted by Gasteiger charge is -2.09. The number of hydrogen-bond donors (Lipinski definition) is 2. The molecule has 0 saturated carbocycles. The quantitative estimate of drug-likeness (QED) is 0.778. The fourth-order valence-electron chi connectivity index (χ4n) is 2.14. The Labute approximate surface area is 89.1 Å². The minimum atomic E-state index is -0.729. The van der Waals surface area contributed by atoms with Crippen molar-refractivity contribution in [3.63, 3.8) is 0 Å². The van der Waals surface area contributed by atoms with Gasteiger partial charge in [-0.3, -0.25) is 4.79 Å². The van der Waals surface area contributed by atoms with Crippen LogP contribution < -0.4 is 5.32 Å². The second kappa shape index (κ2) is 3.57. The minimum absolute atomic E-state index is 0.122. The molecule has 1 aromatic rings. The van der Waals surface area contributed by atoms with E-state index in [2.05, 4.69) is 25.2 Å². The highest BCUT2D eigenvalue weighted by Gasteiger charge is 2.25. The molecule has 0 spiro atoms. The molecule has 1 aromatic carbocycles. The third-order valence-electron chi connectivity index (χ3n) is 3.15. The number of carboxylic acid groups (broad SMARTS) is 1. The van der Waals surface area contributed by atoms with Crippen LogP contribution in [-0.4, -0.2) is 17.6 Å². The molecule has 1 atom stereocenters. The van der Waals surface area contributed by atoms with Crippen LogP contribution in [0.3, 0.4) is 0 Å². The van der Waals surface area contributed by atoms with Crippen LogP contribution in [0.4, 0.5) is 5.69 Å². The normalized spacial score (nSPS) is 18.4. The number of fused-ring (bicyclic) bond motifs is 1. The Morgan fingerprint density at radius 2 is 2.27 bits per heavy atom. The summed E-state index contributed by atoms with van der Waals surface area (Å²) in [6, 6.07) is 4.11. The van der Waals surface area contributed by atoms with Crippen LogP contribution >= 0.6 is 0 Å². The second-order valence-corrected chi connectivity index (χ2v) is 4.15. The third kappa shape index (κ3) is 1.69. The smallest absolute Gasteiger partial charge is 0.304 e. The SMILES string of the molecule is Cc1ccc2c(c1C)NCC2CC(=O)O. The summed E-state index contributed by atoms with van der Waals surface area (Å²) in [7, 11) is 0. The molecule has 0 amide bonds. The first-order chi connectivity index (χ1) is 7.09. The number of hydrogen-bond acceptors (Lipinski definition) is 2. The van der Waals surface area contributed by atoms with Crippen molar-refractivity contribution in [1.29, 1.82) is 0 Å². The Hall–Kier alpha value is -1.51. The first-order valence-corrected chi connectivity index (χ1v) is 5.15. The van der Waals surface area contributed by atoms with Gasteiger partial charge in [-0.2, -0.15) is 0 Å². The van der Waals surface area contributed by atoms with Crippen molar-refractivity contribution in [1.82, 2.24) is 0 Å². The molecule has 2 N–H and O–H groups in total. The highest BCUT2D eigenvalue weighted by Crippen LogP contribution is 2.36. The zero-order chi connectivity index (χ0) is 11.0. The summed E-state index contributed by atoms with van der Waals surface area (Å²) in [4.78, 5) is 10.7. The predicted octanol–water partition coefficient (Wildman–Crippen LogP) is 2.29. The summed E-state index contributed by atoms with van der Waals surface area (Å²) < 4.78 is 0. The van der Waals surface area contributed by atoms with Crippen LogP contribution in [0.1, 0.15) is 29.0 Å². The Morgan fingerprint density at radius 3 is 2.93 bits per heavy atom. The molecule has 0 radical (unpaired) electrons. The molecule has 0 bridgehead atoms. The van der Waals surface area contributed by atoms with E-state index < -0.39 is 5.97 Å². The first kappa shape index (κ1) is 10.0. The number of anilines is 1. The summed E-state index contributed by atoms with van der Waals surface area (Å²) >= 11 is 0. The number of nitrogens with one attached hydrogen (secondary N) is 1. The number of carbonyl (C=O) groups is 1. The van der Waals surface area contributed by atoms with E-state index in [-0.39, 0.29) is 12.3 Å². The largest absolute Gasteiger partial charge is 0.481 e. The van der Waals surface area contributed by atoms with Crippen molar-refractivity contribution in [2.75, 3.05) is 11.9 Å².